The number of nitrogens with zero attached hydrogens (tertiary/aromatic N) is 3. The topological polar surface area (TPSA) is 211 Å². The number of epoxide rings is 1. The van der Waals surface area contributed by atoms with Crippen LogP contribution in [0.15, 0.2) is 35.9 Å². The number of ether oxygens (including phenoxy) is 5. The number of hydrogen-bond acceptors (Lipinski definition) is 14. The maximum atomic E-state index is 14.4. The molecule has 3 saturated heterocycles. The van der Waals surface area contributed by atoms with Crippen LogP contribution < -0.4 is 15.0 Å². The quantitative estimate of drug-likeness (QED) is 0.141. The Morgan fingerprint density at radius 3 is 2.44 bits per heavy atom. The first-order valence-electron chi connectivity index (χ1n) is 23.5. The number of hydrogen-bond donors (Lipinski definition) is 2. The number of benzene rings is 1. The average molecular weight is 988 g/mol. The summed E-state index contributed by atoms with van der Waals surface area (Å²) in [6.07, 6.45) is 3.79. The number of aliphatic hydroxyl groups is 1. The number of amides is 5. The minimum absolute atomic E-state index is 0.0231. The number of alkyl carbamates (subject to hydrolysis) is 1. The van der Waals surface area contributed by atoms with Gasteiger partial charge in [-0.25, -0.2) is 9.59 Å². The van der Waals surface area contributed by atoms with Crippen molar-refractivity contribution in [1.82, 2.24) is 15.1 Å². The third kappa shape index (κ3) is 11.7. The van der Waals surface area contributed by atoms with Crippen LogP contribution >= 0.6 is 23.4 Å². The van der Waals surface area contributed by atoms with Crippen molar-refractivity contribution < 1.29 is 62.4 Å². The highest BCUT2D eigenvalue weighted by Gasteiger charge is 2.64. The fourth-order valence-electron chi connectivity index (χ4n) is 10.0. The molecule has 19 heteroatoms. The van der Waals surface area contributed by atoms with Crippen molar-refractivity contribution in [3.8, 4) is 5.75 Å². The van der Waals surface area contributed by atoms with Crippen molar-refractivity contribution in [2.75, 3.05) is 45.5 Å². The Morgan fingerprint density at radius 1 is 1.09 bits per heavy atom. The Balaban J connectivity index is 1.18. The minimum atomic E-state index is -1.87. The summed E-state index contributed by atoms with van der Waals surface area (Å²) in [7, 11) is 5.95. The lowest BCUT2D eigenvalue weighted by atomic mass is 9.80. The maximum absolute atomic E-state index is 14.4. The molecule has 5 amide bonds. The number of methoxy groups -OCH3 is 2. The van der Waals surface area contributed by atoms with E-state index < -0.39 is 70.9 Å². The number of halogens is 1. The van der Waals surface area contributed by atoms with Crippen LogP contribution in [0.25, 0.3) is 0 Å². The molecular formula is C49H67ClN4O13S. The minimum Gasteiger partial charge on any atom is -0.495 e. The van der Waals surface area contributed by atoms with Crippen LogP contribution in [0.1, 0.15) is 98.0 Å². The molecule has 0 spiro atoms. The lowest BCUT2D eigenvalue weighted by molar-refractivity contribution is -0.162. The molecule has 5 aliphatic rings. The van der Waals surface area contributed by atoms with Gasteiger partial charge in [-0.05, 0) is 82.9 Å². The Hall–Kier alpha value is -4.49. The first-order chi connectivity index (χ1) is 32.1. The summed E-state index contributed by atoms with van der Waals surface area (Å²) in [6, 6.07) is 2.49. The number of likely N-dealkylation sites (tertiary alicyclic amines) is 1. The first kappa shape index (κ1) is 52.9. The second kappa shape index (κ2) is 22.1. The van der Waals surface area contributed by atoms with Gasteiger partial charge in [-0.2, -0.15) is 0 Å². The summed E-state index contributed by atoms with van der Waals surface area (Å²) in [5.41, 5.74) is -1.12. The number of anilines is 1. The number of esters is 1. The molecule has 9 atom stereocenters. The molecule has 374 valence electrons. The van der Waals surface area contributed by atoms with Gasteiger partial charge in [0.2, 0.25) is 23.6 Å². The summed E-state index contributed by atoms with van der Waals surface area (Å²) < 4.78 is 29.6. The summed E-state index contributed by atoms with van der Waals surface area (Å²) in [5, 5.41) is 14.0. The van der Waals surface area contributed by atoms with Crippen LogP contribution in [0.4, 0.5) is 10.5 Å². The standard InChI is InChI=1S/C49H67ClN4O13S/c1-10-33(52(6)40(56)18-19-68-37-23-42(58)54(45(37)59)26-30-14-16-32(17-15-30)29(4)55)46(60)66-39-24-41(57)53(7)34-21-31(22-35(63-8)43(34)50)20-27(2)12-11-13-38(64-9)49(62)25-36(65-47(61)51-49)28(3)44-48(39,5)67-44/h11-13,21-22,28,30,32-33,36-39,44,62H,10,14-20,23-26H2,1-9H3,(H,51,61)/b13-11+,27-12+/t28-,30-,32-,33+,36+,37-,38-,39+,44+,48+,49+/m1/s1. The number of ketones is 1. The zero-order valence-electron chi connectivity index (χ0n) is 40.5. The molecule has 4 heterocycles. The molecular weight excluding hydrogens is 920 g/mol. The molecule has 4 fully saturated rings. The van der Waals surface area contributed by atoms with E-state index in [4.69, 9.17) is 35.3 Å². The van der Waals surface area contributed by atoms with E-state index in [1.807, 2.05) is 13.0 Å². The number of allylic oxidation sites excluding steroid dienone is 3. The number of carbonyl (C=O) groups is 7. The number of Topliss-reactive ketones (excluding diaryl/α,β-unsaturated/α-hetero) is 1. The molecule has 2 N–H and O–H groups in total. The molecule has 4 bridgehead atoms. The van der Waals surface area contributed by atoms with Crippen molar-refractivity contribution in [2.24, 2.45) is 17.8 Å². The molecule has 0 radical (unpaired) electrons. The molecule has 1 aliphatic carbocycles. The number of rotatable bonds is 13. The third-order valence-electron chi connectivity index (χ3n) is 14.4. The lowest BCUT2D eigenvalue weighted by Crippen LogP contribution is -2.63. The highest BCUT2D eigenvalue weighted by atomic mass is 35.5. The van der Waals surface area contributed by atoms with E-state index in [0.29, 0.717) is 24.4 Å². The zero-order chi connectivity index (χ0) is 49.8. The van der Waals surface area contributed by atoms with Crippen LogP contribution in [0.2, 0.25) is 5.02 Å². The average Bonchev–Trinajstić information content (AvgIpc) is 3.92. The smallest absolute Gasteiger partial charge is 0.409 e. The lowest BCUT2D eigenvalue weighted by Gasteiger charge is -2.42. The van der Waals surface area contributed by atoms with Gasteiger partial charge in [-0.15, -0.1) is 11.8 Å². The van der Waals surface area contributed by atoms with Crippen molar-refractivity contribution in [3.05, 3.63) is 46.5 Å². The van der Waals surface area contributed by atoms with Gasteiger partial charge in [0.15, 0.2) is 5.72 Å². The highest BCUT2D eigenvalue weighted by Crippen LogP contribution is 2.49. The molecule has 68 heavy (non-hydrogen) atoms. The summed E-state index contributed by atoms with van der Waals surface area (Å²) in [4.78, 5) is 97.5. The first-order valence-corrected chi connectivity index (χ1v) is 24.9. The molecule has 4 aliphatic heterocycles. The van der Waals surface area contributed by atoms with Crippen molar-refractivity contribution in [3.63, 3.8) is 0 Å². The van der Waals surface area contributed by atoms with E-state index >= 15 is 0 Å². The van der Waals surface area contributed by atoms with Crippen LogP contribution in [0.5, 0.6) is 5.75 Å². The molecule has 17 nitrogen and oxygen atoms in total. The fourth-order valence-corrected chi connectivity index (χ4v) is 11.5. The molecule has 6 rings (SSSR count). The molecule has 0 aromatic heterocycles. The Kier molecular flexibility index (Phi) is 17.2. The number of carbonyl (C=O) groups excluding carboxylic acids is 7. The van der Waals surface area contributed by atoms with E-state index in [9.17, 15) is 38.7 Å². The zero-order valence-corrected chi connectivity index (χ0v) is 42.1. The number of thioether (sulfide) groups is 1. The Labute approximate surface area is 407 Å². The summed E-state index contributed by atoms with van der Waals surface area (Å²) in [6.45, 7) is 9.06. The van der Waals surface area contributed by atoms with Crippen LogP contribution in [0.3, 0.4) is 0 Å². The van der Waals surface area contributed by atoms with Crippen molar-refractivity contribution in [1.29, 1.82) is 0 Å². The van der Waals surface area contributed by atoms with Crippen molar-refractivity contribution in [2.45, 2.75) is 146 Å². The van der Waals surface area contributed by atoms with E-state index in [1.54, 1.807) is 59.0 Å². The molecule has 1 aromatic rings. The van der Waals surface area contributed by atoms with Gasteiger partial charge in [0, 0.05) is 64.6 Å². The van der Waals surface area contributed by atoms with Crippen LogP contribution in [-0.4, -0.2) is 144 Å². The molecule has 1 aromatic carbocycles. The number of imide groups is 1. The second-order valence-electron chi connectivity index (χ2n) is 19.1. The van der Waals surface area contributed by atoms with E-state index in [0.717, 1.165) is 36.8 Å². The number of nitrogens with one attached hydrogen (secondary N) is 1. The van der Waals surface area contributed by atoms with Gasteiger partial charge in [0.25, 0.3) is 0 Å². The second-order valence-corrected chi connectivity index (χ2v) is 20.8. The van der Waals surface area contributed by atoms with Crippen LogP contribution in [0, 0.1) is 17.8 Å². The van der Waals surface area contributed by atoms with Gasteiger partial charge in [0.1, 0.15) is 46.5 Å². The highest BCUT2D eigenvalue weighted by molar-refractivity contribution is 8.00. The normalized spacial score (nSPS) is 32.8. The Morgan fingerprint density at radius 2 is 1.79 bits per heavy atom. The summed E-state index contributed by atoms with van der Waals surface area (Å²) in [5.74, 6) is -1.78. The summed E-state index contributed by atoms with van der Waals surface area (Å²) >= 11 is 8.06. The number of fused-ring (bicyclic) bond motifs is 5. The third-order valence-corrected chi connectivity index (χ3v) is 16.0. The Bertz CT molecular complexity index is 2180. The SMILES string of the molecule is CC[C@@H](C(=O)O[C@H]1CC(=O)N(C)c2cc(cc(OC)c2Cl)C/C(C)=C/C=C/[C@@H](OC)[C@@]2(O)C[C@H](OC(=O)N2)[C@@H](C)[C@@H]2O[C@@]12C)N(C)C(=O)CCS[C@@H]1CC(=O)N(C[C@H]2CC[C@H](C(C)=O)CC2)C1=O. The largest absolute Gasteiger partial charge is 0.495 e. The van der Waals surface area contributed by atoms with Gasteiger partial charge in [0.05, 0.1) is 30.6 Å². The predicted molar refractivity (Wildman–Crippen MR) is 254 cm³/mol. The predicted octanol–water partition coefficient (Wildman–Crippen LogP) is 5.55. The molecule has 1 saturated carbocycles. The fraction of sp³-hybridized carbons (Fsp3) is 0.653. The van der Waals surface area contributed by atoms with E-state index in [-0.39, 0.29) is 78.2 Å². The van der Waals surface area contributed by atoms with Gasteiger partial charge < -0.3 is 38.6 Å². The monoisotopic (exact) mass is 986 g/mol. The van der Waals surface area contributed by atoms with E-state index in [2.05, 4.69) is 5.32 Å². The van der Waals surface area contributed by atoms with Crippen LogP contribution in [-0.2, 0) is 54.1 Å². The van der Waals surface area contributed by atoms with Gasteiger partial charge in [-0.1, -0.05) is 49.2 Å². The number of likely N-dealkylation sites (N-methyl/N-ethyl adjacent to an activating group) is 1. The van der Waals surface area contributed by atoms with Gasteiger partial charge >= 0.3 is 12.1 Å². The maximum Gasteiger partial charge on any atom is 0.409 e. The van der Waals surface area contributed by atoms with Crippen molar-refractivity contribution >= 4 is 70.5 Å². The van der Waals surface area contributed by atoms with E-state index in [1.165, 1.54) is 47.7 Å². The molecule has 0 unspecified atom stereocenters. The van der Waals surface area contributed by atoms with Gasteiger partial charge in [-0.3, -0.25) is 34.2 Å².